The highest BCUT2D eigenvalue weighted by atomic mass is 19.1. The van der Waals surface area contributed by atoms with Crippen LogP contribution in [0.5, 0.6) is 0 Å². The molecule has 18 heavy (non-hydrogen) atoms. The maximum Gasteiger partial charge on any atom is 0.137 e. The fraction of sp³-hybridized carbons (Fsp3) is 0.0833. The van der Waals surface area contributed by atoms with Crippen LogP contribution in [0.3, 0.4) is 0 Å². The van der Waals surface area contributed by atoms with Gasteiger partial charge in [0, 0.05) is 6.20 Å². The Kier molecular flexibility index (Phi) is 2.60. The Labute approximate surface area is 103 Å². The largest absolute Gasteiger partial charge is 0.247 e. The zero-order valence-corrected chi connectivity index (χ0v) is 9.44. The highest BCUT2D eigenvalue weighted by Gasteiger charge is 2.02. The van der Waals surface area contributed by atoms with Gasteiger partial charge in [-0.15, -0.1) is 0 Å². The van der Waals surface area contributed by atoms with Crippen LogP contribution in [-0.2, 0) is 6.54 Å². The number of benzene rings is 1. The summed E-state index contributed by atoms with van der Waals surface area (Å²) in [5.74, 6) is -0.256. The molecule has 0 saturated carbocycles. The van der Waals surface area contributed by atoms with Crippen molar-refractivity contribution in [2.75, 3.05) is 0 Å². The molecule has 0 aliphatic heterocycles. The molecule has 0 fully saturated rings. The van der Waals surface area contributed by atoms with Gasteiger partial charge in [0.15, 0.2) is 0 Å². The van der Waals surface area contributed by atoms with Crippen LogP contribution in [-0.4, -0.2) is 24.5 Å². The maximum absolute atomic E-state index is 12.8. The van der Waals surface area contributed by atoms with E-state index in [-0.39, 0.29) is 5.82 Å². The van der Waals surface area contributed by atoms with E-state index in [9.17, 15) is 4.39 Å². The summed E-state index contributed by atoms with van der Waals surface area (Å²) in [6.45, 7) is 0.564. The van der Waals surface area contributed by atoms with Gasteiger partial charge >= 0.3 is 0 Å². The normalized spacial score (nSPS) is 10.7. The van der Waals surface area contributed by atoms with Crippen LogP contribution >= 0.6 is 0 Å². The Morgan fingerprint density at radius 2 is 1.94 bits per heavy atom. The maximum atomic E-state index is 12.8. The minimum Gasteiger partial charge on any atom is -0.247 e. The second kappa shape index (κ2) is 4.40. The van der Waals surface area contributed by atoms with Crippen molar-refractivity contribution in [2.45, 2.75) is 6.54 Å². The molecule has 5 nitrogen and oxygen atoms in total. The number of hydrogen-bond acceptors (Lipinski definition) is 3. The minimum atomic E-state index is -0.256. The van der Waals surface area contributed by atoms with Gasteiger partial charge in [-0.1, -0.05) is 0 Å². The summed E-state index contributed by atoms with van der Waals surface area (Å²) in [5.41, 5.74) is 1.69. The highest BCUT2D eigenvalue weighted by molar-refractivity contribution is 5.31. The molecule has 0 spiro atoms. The number of aromatic nitrogens is 5. The van der Waals surface area contributed by atoms with Crippen molar-refractivity contribution in [1.82, 2.24) is 24.5 Å². The summed E-state index contributed by atoms with van der Waals surface area (Å²) >= 11 is 0. The van der Waals surface area contributed by atoms with Crippen molar-refractivity contribution < 1.29 is 4.39 Å². The van der Waals surface area contributed by atoms with E-state index >= 15 is 0 Å². The molecule has 2 heterocycles. The average Bonchev–Trinajstić information content (AvgIpc) is 3.02. The van der Waals surface area contributed by atoms with E-state index in [1.807, 2.05) is 12.3 Å². The topological polar surface area (TPSA) is 48.5 Å². The van der Waals surface area contributed by atoms with Crippen molar-refractivity contribution in [1.29, 1.82) is 0 Å². The predicted molar refractivity (Wildman–Crippen MR) is 62.6 cm³/mol. The zero-order valence-electron chi connectivity index (χ0n) is 9.44. The van der Waals surface area contributed by atoms with Gasteiger partial charge < -0.3 is 0 Å². The third-order valence-electron chi connectivity index (χ3n) is 2.53. The molecule has 0 aliphatic rings. The Morgan fingerprint density at radius 3 is 2.67 bits per heavy atom. The van der Waals surface area contributed by atoms with E-state index in [4.69, 9.17) is 0 Å². The van der Waals surface area contributed by atoms with Crippen molar-refractivity contribution in [3.63, 3.8) is 0 Å². The van der Waals surface area contributed by atoms with E-state index in [0.29, 0.717) is 6.54 Å². The highest BCUT2D eigenvalue weighted by Crippen LogP contribution is 2.09. The quantitative estimate of drug-likeness (QED) is 0.702. The predicted octanol–water partition coefficient (Wildman–Crippen LogP) is 1.65. The Morgan fingerprint density at radius 1 is 1.11 bits per heavy atom. The smallest absolute Gasteiger partial charge is 0.137 e. The van der Waals surface area contributed by atoms with Crippen LogP contribution in [0.2, 0.25) is 0 Å². The fourth-order valence-electron chi connectivity index (χ4n) is 1.66. The van der Waals surface area contributed by atoms with Gasteiger partial charge in [0.2, 0.25) is 0 Å². The first-order chi connectivity index (χ1) is 8.81. The van der Waals surface area contributed by atoms with Crippen LogP contribution in [0.1, 0.15) is 5.69 Å². The molecule has 1 aromatic carbocycles. The van der Waals surface area contributed by atoms with Crippen LogP contribution < -0.4 is 0 Å². The summed E-state index contributed by atoms with van der Waals surface area (Å²) in [7, 11) is 0. The van der Waals surface area contributed by atoms with Gasteiger partial charge in [0.05, 0.1) is 17.9 Å². The van der Waals surface area contributed by atoms with Crippen LogP contribution in [0.25, 0.3) is 5.69 Å². The number of rotatable bonds is 3. The van der Waals surface area contributed by atoms with Crippen molar-refractivity contribution in [3.05, 3.63) is 60.7 Å². The molecule has 90 valence electrons. The van der Waals surface area contributed by atoms with Gasteiger partial charge in [-0.25, -0.2) is 18.7 Å². The summed E-state index contributed by atoms with van der Waals surface area (Å²) in [5, 5.41) is 8.40. The fourth-order valence-corrected chi connectivity index (χ4v) is 1.66. The number of hydrogen-bond donors (Lipinski definition) is 0. The molecule has 0 radical (unpaired) electrons. The van der Waals surface area contributed by atoms with Crippen molar-refractivity contribution in [3.8, 4) is 5.69 Å². The van der Waals surface area contributed by atoms with Gasteiger partial charge in [0.1, 0.15) is 18.5 Å². The Bertz CT molecular complexity index is 627. The summed E-state index contributed by atoms with van der Waals surface area (Å²) in [6.07, 6.45) is 4.95. The van der Waals surface area contributed by atoms with E-state index < -0.39 is 0 Å². The number of nitrogens with zero attached hydrogens (tertiary/aromatic N) is 5. The second-order valence-corrected chi connectivity index (χ2v) is 3.82. The van der Waals surface area contributed by atoms with Crippen molar-refractivity contribution >= 4 is 0 Å². The second-order valence-electron chi connectivity index (χ2n) is 3.82. The average molecular weight is 243 g/mol. The lowest BCUT2D eigenvalue weighted by Gasteiger charge is -2.00. The van der Waals surface area contributed by atoms with E-state index in [0.717, 1.165) is 11.4 Å². The molecular weight excluding hydrogens is 233 g/mol. The molecule has 0 atom stereocenters. The standard InChI is InChI=1S/C12H10FN5/c13-10-1-3-12(4-2-10)18-6-5-11(16-18)7-17-9-14-8-15-17/h1-6,8-9H,7H2. The first kappa shape index (κ1) is 10.6. The molecule has 0 unspecified atom stereocenters. The first-order valence-corrected chi connectivity index (χ1v) is 5.44. The summed E-state index contributed by atoms with van der Waals surface area (Å²) in [6, 6.07) is 8.08. The lowest BCUT2D eigenvalue weighted by molar-refractivity contribution is 0.626. The van der Waals surface area contributed by atoms with Gasteiger partial charge in [-0.05, 0) is 30.3 Å². The molecule has 3 aromatic rings. The number of halogens is 1. The minimum absolute atomic E-state index is 0.256. The molecule has 0 bridgehead atoms. The molecular formula is C12H10FN5. The molecule has 2 aromatic heterocycles. The molecule has 6 heteroatoms. The third kappa shape index (κ3) is 2.13. The first-order valence-electron chi connectivity index (χ1n) is 5.44. The molecule has 0 N–H and O–H groups in total. The van der Waals surface area contributed by atoms with E-state index in [1.54, 1.807) is 27.8 Å². The summed E-state index contributed by atoms with van der Waals surface area (Å²) in [4.78, 5) is 3.87. The molecule has 0 saturated heterocycles. The lowest BCUT2D eigenvalue weighted by Crippen LogP contribution is -2.02. The van der Waals surface area contributed by atoms with E-state index in [2.05, 4.69) is 15.2 Å². The molecule has 0 amide bonds. The zero-order chi connectivity index (χ0) is 12.4. The Balaban J connectivity index is 1.83. The van der Waals surface area contributed by atoms with Gasteiger partial charge in [0.25, 0.3) is 0 Å². The van der Waals surface area contributed by atoms with Crippen LogP contribution in [0.4, 0.5) is 4.39 Å². The third-order valence-corrected chi connectivity index (χ3v) is 2.53. The van der Waals surface area contributed by atoms with Gasteiger partial charge in [-0.3, -0.25) is 0 Å². The van der Waals surface area contributed by atoms with Crippen LogP contribution in [0, 0.1) is 5.82 Å². The van der Waals surface area contributed by atoms with Crippen LogP contribution in [0.15, 0.2) is 49.2 Å². The van der Waals surface area contributed by atoms with Gasteiger partial charge in [-0.2, -0.15) is 10.2 Å². The summed E-state index contributed by atoms with van der Waals surface area (Å²) < 4.78 is 16.2. The van der Waals surface area contributed by atoms with Crippen molar-refractivity contribution in [2.24, 2.45) is 0 Å². The van der Waals surface area contributed by atoms with E-state index in [1.165, 1.54) is 18.5 Å². The lowest BCUT2D eigenvalue weighted by atomic mass is 10.3. The SMILES string of the molecule is Fc1ccc(-n2ccc(Cn3cncn3)n2)cc1. The monoisotopic (exact) mass is 243 g/mol. The Hall–Kier alpha value is -2.50. The molecule has 0 aliphatic carbocycles. The molecule has 3 rings (SSSR count).